The zero-order valence-corrected chi connectivity index (χ0v) is 9.57. The van der Waals surface area contributed by atoms with Crippen LogP contribution in [0.3, 0.4) is 0 Å². The first-order chi connectivity index (χ1) is 7.48. The molecule has 0 saturated carbocycles. The number of aromatic amines is 1. The Balaban J connectivity index is 2.84. The molecule has 0 bridgehead atoms. The van der Waals surface area contributed by atoms with Crippen molar-refractivity contribution in [1.29, 1.82) is 0 Å². The van der Waals surface area contributed by atoms with Gasteiger partial charge < -0.3 is 10.1 Å². The fraction of sp³-hybridized carbons (Fsp3) is 0.500. The van der Waals surface area contributed by atoms with Gasteiger partial charge in [-0.15, -0.1) is 0 Å². The molecule has 1 aromatic heterocycles. The molecule has 0 radical (unpaired) electrons. The van der Waals surface area contributed by atoms with Gasteiger partial charge in [-0.05, 0) is 0 Å². The van der Waals surface area contributed by atoms with Gasteiger partial charge >= 0.3 is 5.97 Å². The lowest BCUT2D eigenvalue weighted by Crippen LogP contribution is -2.33. The van der Waals surface area contributed by atoms with E-state index >= 15 is 0 Å². The van der Waals surface area contributed by atoms with Crippen molar-refractivity contribution < 1.29 is 18.3 Å². The van der Waals surface area contributed by atoms with Crippen LogP contribution in [0.15, 0.2) is 17.6 Å². The molecule has 0 aromatic carbocycles. The Labute approximate surface area is 93.2 Å². The van der Waals surface area contributed by atoms with Crippen LogP contribution in [0, 0.1) is 0 Å². The van der Waals surface area contributed by atoms with Crippen LogP contribution >= 0.6 is 0 Å². The molecule has 16 heavy (non-hydrogen) atoms. The number of hydrogen-bond donors (Lipinski definition) is 2. The fourth-order valence-electron chi connectivity index (χ4n) is 1.19. The van der Waals surface area contributed by atoms with Crippen molar-refractivity contribution in [2.45, 2.75) is 18.4 Å². The zero-order chi connectivity index (χ0) is 12.2. The molecule has 0 unspecified atom stereocenters. The van der Waals surface area contributed by atoms with Crippen LogP contribution in [-0.4, -0.2) is 46.9 Å². The highest BCUT2D eigenvalue weighted by atomic mass is 32.2. The topological polar surface area (TPSA) is 103 Å². The molecule has 1 heterocycles. The van der Waals surface area contributed by atoms with E-state index in [0.717, 1.165) is 4.31 Å². The number of carbonyl (C=O) groups is 1. The second-order valence-electron chi connectivity index (χ2n) is 3.06. The average Bonchev–Trinajstić information content (AvgIpc) is 2.70. The number of sulfonamides is 1. The molecular formula is C8H13N3O4S. The van der Waals surface area contributed by atoms with E-state index in [-0.39, 0.29) is 24.5 Å². The number of rotatable bonds is 6. The summed E-state index contributed by atoms with van der Waals surface area (Å²) in [6.45, 7) is 1.82. The lowest BCUT2D eigenvalue weighted by Gasteiger charge is -2.18. The summed E-state index contributed by atoms with van der Waals surface area (Å²) in [4.78, 5) is 16.5. The van der Waals surface area contributed by atoms with E-state index in [9.17, 15) is 13.2 Å². The number of imidazole rings is 1. The SMILES string of the molecule is CCN(CCC(=O)O)S(=O)(=O)c1cnc[nH]1. The summed E-state index contributed by atoms with van der Waals surface area (Å²) in [6.07, 6.45) is 2.23. The number of hydrogen-bond acceptors (Lipinski definition) is 4. The number of aliphatic carboxylic acids is 1. The molecule has 2 N–H and O–H groups in total. The number of nitrogens with one attached hydrogen (secondary N) is 1. The third-order valence-corrected chi connectivity index (χ3v) is 3.92. The molecule has 0 amide bonds. The van der Waals surface area contributed by atoms with Crippen molar-refractivity contribution in [2.75, 3.05) is 13.1 Å². The minimum absolute atomic E-state index is 0.0280. The van der Waals surface area contributed by atoms with E-state index in [4.69, 9.17) is 5.11 Å². The largest absolute Gasteiger partial charge is 0.481 e. The van der Waals surface area contributed by atoms with Crippen LogP contribution < -0.4 is 0 Å². The van der Waals surface area contributed by atoms with Crippen LogP contribution in [0.1, 0.15) is 13.3 Å². The molecule has 0 spiro atoms. The predicted octanol–water partition coefficient (Wildman–Crippen LogP) is -0.105. The Morgan fingerprint density at radius 1 is 1.62 bits per heavy atom. The van der Waals surface area contributed by atoms with Crippen LogP contribution in [0.25, 0.3) is 0 Å². The van der Waals surface area contributed by atoms with Crippen molar-refractivity contribution in [2.24, 2.45) is 0 Å². The lowest BCUT2D eigenvalue weighted by atomic mass is 10.4. The van der Waals surface area contributed by atoms with Gasteiger partial charge in [0.05, 0.1) is 18.9 Å². The van der Waals surface area contributed by atoms with Crippen molar-refractivity contribution in [3.8, 4) is 0 Å². The van der Waals surface area contributed by atoms with Crippen molar-refractivity contribution >= 4 is 16.0 Å². The van der Waals surface area contributed by atoms with Gasteiger partial charge in [0.15, 0.2) is 5.03 Å². The predicted molar refractivity (Wildman–Crippen MR) is 55.3 cm³/mol. The molecule has 0 fully saturated rings. The van der Waals surface area contributed by atoms with E-state index in [0.29, 0.717) is 0 Å². The highest BCUT2D eigenvalue weighted by Crippen LogP contribution is 2.11. The summed E-state index contributed by atoms with van der Waals surface area (Å²) in [5, 5.41) is 8.48. The Hall–Kier alpha value is -1.41. The molecule has 0 aliphatic heterocycles. The van der Waals surface area contributed by atoms with Crippen LogP contribution in [0.2, 0.25) is 0 Å². The number of H-pyrrole nitrogens is 1. The smallest absolute Gasteiger partial charge is 0.304 e. The maximum Gasteiger partial charge on any atom is 0.304 e. The van der Waals surface area contributed by atoms with Gasteiger partial charge in [-0.1, -0.05) is 6.92 Å². The summed E-state index contributed by atoms with van der Waals surface area (Å²) >= 11 is 0. The summed E-state index contributed by atoms with van der Waals surface area (Å²) < 4.78 is 24.9. The molecular weight excluding hydrogens is 234 g/mol. The third-order valence-electron chi connectivity index (χ3n) is 2.02. The zero-order valence-electron chi connectivity index (χ0n) is 8.75. The van der Waals surface area contributed by atoms with E-state index in [2.05, 4.69) is 9.97 Å². The number of carboxylic acid groups (broad SMARTS) is 1. The average molecular weight is 247 g/mol. The minimum atomic E-state index is -3.65. The molecule has 1 aromatic rings. The van der Waals surface area contributed by atoms with Gasteiger partial charge in [-0.3, -0.25) is 4.79 Å². The maximum atomic E-state index is 11.9. The first kappa shape index (κ1) is 12.7. The molecule has 0 atom stereocenters. The van der Waals surface area contributed by atoms with E-state index in [1.54, 1.807) is 6.92 Å². The molecule has 7 nitrogen and oxygen atoms in total. The normalized spacial score (nSPS) is 11.9. The fourth-order valence-corrected chi connectivity index (χ4v) is 2.54. The first-order valence-electron chi connectivity index (χ1n) is 4.68. The van der Waals surface area contributed by atoms with Crippen molar-refractivity contribution in [3.05, 3.63) is 12.5 Å². The summed E-state index contributed by atoms with van der Waals surface area (Å²) in [7, 11) is -3.65. The number of nitrogens with zero attached hydrogens (tertiary/aromatic N) is 2. The standard InChI is InChI=1S/C8H13N3O4S/c1-2-11(4-3-8(12)13)16(14,15)7-5-9-6-10-7/h5-6H,2-4H2,1H3,(H,9,10)(H,12,13). The molecule has 0 saturated heterocycles. The van der Waals surface area contributed by atoms with Gasteiger partial charge in [-0.25, -0.2) is 13.4 Å². The second-order valence-corrected chi connectivity index (χ2v) is 4.96. The van der Waals surface area contributed by atoms with Gasteiger partial charge in [-0.2, -0.15) is 4.31 Å². The summed E-state index contributed by atoms with van der Waals surface area (Å²) in [6, 6.07) is 0. The van der Waals surface area contributed by atoms with Gasteiger partial charge in [0.25, 0.3) is 10.0 Å². The van der Waals surface area contributed by atoms with Crippen LogP contribution in [-0.2, 0) is 14.8 Å². The molecule has 90 valence electrons. The van der Waals surface area contributed by atoms with Gasteiger partial charge in [0.1, 0.15) is 0 Å². The van der Waals surface area contributed by atoms with E-state index in [1.807, 2.05) is 0 Å². The highest BCUT2D eigenvalue weighted by Gasteiger charge is 2.24. The Bertz CT molecular complexity index is 440. The van der Waals surface area contributed by atoms with Crippen molar-refractivity contribution in [3.63, 3.8) is 0 Å². The first-order valence-corrected chi connectivity index (χ1v) is 6.12. The molecule has 8 heteroatoms. The number of carboxylic acids is 1. The summed E-state index contributed by atoms with van der Waals surface area (Å²) in [5.41, 5.74) is 0. The Morgan fingerprint density at radius 3 is 2.75 bits per heavy atom. The Morgan fingerprint density at radius 2 is 2.31 bits per heavy atom. The van der Waals surface area contributed by atoms with E-state index in [1.165, 1.54) is 12.5 Å². The quantitative estimate of drug-likeness (QED) is 0.730. The van der Waals surface area contributed by atoms with Crippen LogP contribution in [0.5, 0.6) is 0 Å². The minimum Gasteiger partial charge on any atom is -0.481 e. The van der Waals surface area contributed by atoms with Gasteiger partial charge in [0, 0.05) is 13.1 Å². The third kappa shape index (κ3) is 2.80. The highest BCUT2D eigenvalue weighted by molar-refractivity contribution is 7.89. The second kappa shape index (κ2) is 5.08. The van der Waals surface area contributed by atoms with Crippen LogP contribution in [0.4, 0.5) is 0 Å². The summed E-state index contributed by atoms with van der Waals surface area (Å²) in [5.74, 6) is -1.03. The lowest BCUT2D eigenvalue weighted by molar-refractivity contribution is -0.137. The maximum absolute atomic E-state index is 11.9. The van der Waals surface area contributed by atoms with Gasteiger partial charge in [0.2, 0.25) is 0 Å². The monoisotopic (exact) mass is 247 g/mol. The van der Waals surface area contributed by atoms with E-state index < -0.39 is 16.0 Å². The molecule has 0 aliphatic rings. The molecule has 1 rings (SSSR count). The van der Waals surface area contributed by atoms with Crippen molar-refractivity contribution in [1.82, 2.24) is 14.3 Å². The number of aromatic nitrogens is 2. The Kier molecular flexibility index (Phi) is 4.02. The molecule has 0 aliphatic carbocycles.